The first-order valence-corrected chi connectivity index (χ1v) is 11.8. The number of unbranched alkanes of at least 4 members (excludes halogenated alkanes) is 1. The third-order valence-corrected chi connectivity index (χ3v) is 7.08. The van der Waals surface area contributed by atoms with Crippen molar-refractivity contribution < 1.29 is 1.37 Å². The quantitative estimate of drug-likeness (QED) is 0.411. The maximum atomic E-state index is 9.34. The van der Waals surface area contributed by atoms with Crippen molar-refractivity contribution in [3.05, 3.63) is 102 Å². The molecule has 3 aromatic carbocycles. The molecular formula is C28H28N2S. The van der Waals surface area contributed by atoms with Crippen LogP contribution in [-0.2, 0) is 0 Å². The number of nitrogens with zero attached hydrogens (tertiary/aromatic N) is 2. The minimum Gasteiger partial charge on any atom is -0.358 e. The second-order valence-electron chi connectivity index (χ2n) is 7.99. The van der Waals surface area contributed by atoms with Gasteiger partial charge >= 0.3 is 0 Å². The summed E-state index contributed by atoms with van der Waals surface area (Å²) in [7, 11) is 2.02. The molecule has 0 spiro atoms. The Morgan fingerprint density at radius 2 is 1.65 bits per heavy atom. The summed E-state index contributed by atoms with van der Waals surface area (Å²) < 4.78 is 9.34. The second-order valence-corrected chi connectivity index (χ2v) is 9.06. The molecule has 0 radical (unpaired) electrons. The van der Waals surface area contributed by atoms with E-state index in [-0.39, 0.29) is 0 Å². The lowest BCUT2D eigenvalue weighted by molar-refractivity contribution is 0.773. The summed E-state index contributed by atoms with van der Waals surface area (Å²) in [5.74, 6) is 0. The van der Waals surface area contributed by atoms with Gasteiger partial charge in [0.2, 0.25) is 0 Å². The van der Waals surface area contributed by atoms with E-state index in [1.165, 1.54) is 22.6 Å². The smallest absolute Gasteiger partial charge is 0.0988 e. The van der Waals surface area contributed by atoms with Crippen LogP contribution in [0.3, 0.4) is 0 Å². The van der Waals surface area contributed by atoms with Gasteiger partial charge in [0, 0.05) is 28.9 Å². The molecule has 0 saturated carbocycles. The molecule has 5 rings (SSSR count). The molecule has 3 aromatic rings. The lowest BCUT2D eigenvalue weighted by Crippen LogP contribution is -2.24. The number of anilines is 3. The molecule has 1 unspecified atom stereocenters. The van der Waals surface area contributed by atoms with Crippen LogP contribution in [0.25, 0.3) is 5.57 Å². The summed E-state index contributed by atoms with van der Waals surface area (Å²) in [6.07, 6.45) is 7.72. The fourth-order valence-corrected chi connectivity index (χ4v) is 5.41. The molecule has 31 heavy (non-hydrogen) atoms. The van der Waals surface area contributed by atoms with Gasteiger partial charge in [0.05, 0.1) is 18.1 Å². The minimum absolute atomic E-state index is 0.882. The zero-order valence-electron chi connectivity index (χ0n) is 19.1. The standard InChI is InChI=1S/C28H28N2S/c1-3-4-12-23-19-21(20-28-29(2)26-17-10-11-18-27(26)31-28)24-15-8-9-16-25(24)30(23)22-13-6-5-7-14-22/h5-11,13-20,28H,3-4,12H2,1-2H3/b21-20-/i28D. The average Bonchev–Trinajstić information content (AvgIpc) is 3.08. The van der Waals surface area contributed by atoms with Crippen molar-refractivity contribution >= 4 is 34.4 Å². The van der Waals surface area contributed by atoms with Gasteiger partial charge in [0.1, 0.15) is 0 Å². The summed E-state index contributed by atoms with van der Waals surface area (Å²) in [6, 6.07) is 27.5. The molecule has 1 atom stereocenters. The molecule has 0 N–H and O–H groups in total. The van der Waals surface area contributed by atoms with Crippen molar-refractivity contribution in [1.82, 2.24) is 0 Å². The second kappa shape index (κ2) is 8.68. The maximum absolute atomic E-state index is 9.34. The molecule has 0 amide bonds. The molecule has 0 bridgehead atoms. The third-order valence-electron chi connectivity index (χ3n) is 5.92. The maximum Gasteiger partial charge on any atom is 0.0988 e. The first kappa shape index (κ1) is 18.8. The fourth-order valence-electron chi connectivity index (χ4n) is 4.31. The molecule has 0 fully saturated rings. The number of hydrogen-bond donors (Lipinski definition) is 0. The van der Waals surface area contributed by atoms with Gasteiger partial charge in [0.15, 0.2) is 0 Å². The van der Waals surface area contributed by atoms with Crippen LogP contribution in [0.4, 0.5) is 17.1 Å². The molecule has 2 aliphatic rings. The van der Waals surface area contributed by atoms with Crippen molar-refractivity contribution in [1.29, 1.82) is 0 Å². The highest BCUT2D eigenvalue weighted by atomic mass is 32.2. The number of allylic oxidation sites excluding steroid dienone is 3. The molecule has 2 aliphatic heterocycles. The molecule has 0 aromatic heterocycles. The van der Waals surface area contributed by atoms with E-state index in [4.69, 9.17) is 0 Å². The molecule has 156 valence electrons. The Hall–Kier alpha value is -2.91. The molecule has 0 aliphatic carbocycles. The predicted molar refractivity (Wildman–Crippen MR) is 135 cm³/mol. The Kier molecular flexibility index (Phi) is 5.27. The van der Waals surface area contributed by atoms with E-state index in [9.17, 15) is 1.37 Å². The van der Waals surface area contributed by atoms with Gasteiger partial charge in [0.25, 0.3) is 0 Å². The largest absolute Gasteiger partial charge is 0.358 e. The highest BCUT2D eigenvalue weighted by molar-refractivity contribution is 8.00. The minimum atomic E-state index is -0.882. The average molecular weight is 426 g/mol. The van der Waals surface area contributed by atoms with Crippen LogP contribution < -0.4 is 9.80 Å². The number of fused-ring (bicyclic) bond motifs is 2. The number of likely N-dealkylation sites (N-methyl/N-ethyl adjacent to an activating group) is 1. The van der Waals surface area contributed by atoms with E-state index < -0.39 is 5.35 Å². The Balaban J connectivity index is 1.63. The number of para-hydroxylation sites is 3. The van der Waals surface area contributed by atoms with Crippen molar-refractivity contribution in [2.24, 2.45) is 0 Å². The molecule has 2 heterocycles. The fraction of sp³-hybridized carbons (Fsp3) is 0.214. The van der Waals surface area contributed by atoms with Crippen LogP contribution in [0.1, 0.15) is 33.1 Å². The lowest BCUT2D eigenvalue weighted by Gasteiger charge is -2.34. The molecule has 0 saturated heterocycles. The third kappa shape index (κ3) is 3.79. The summed E-state index contributed by atoms with van der Waals surface area (Å²) in [5.41, 5.74) is 7.07. The zero-order chi connectivity index (χ0) is 22.1. The van der Waals surface area contributed by atoms with Gasteiger partial charge in [-0.3, -0.25) is 0 Å². The molecule has 3 heteroatoms. The monoisotopic (exact) mass is 425 g/mol. The van der Waals surface area contributed by atoms with E-state index in [1.807, 2.05) is 13.1 Å². The first-order chi connectivity index (χ1) is 15.6. The van der Waals surface area contributed by atoms with Gasteiger partial charge in [-0.1, -0.05) is 73.6 Å². The van der Waals surface area contributed by atoms with Gasteiger partial charge in [-0.05, 0) is 60.9 Å². The normalized spacial score (nSPS) is 21.5. The van der Waals surface area contributed by atoms with Gasteiger partial charge in [-0.2, -0.15) is 0 Å². The van der Waals surface area contributed by atoms with Gasteiger partial charge in [-0.15, -0.1) is 0 Å². The lowest BCUT2D eigenvalue weighted by atomic mass is 9.94. The highest BCUT2D eigenvalue weighted by Crippen LogP contribution is 2.46. The Bertz CT molecular complexity index is 1190. The zero-order valence-corrected chi connectivity index (χ0v) is 18.9. The van der Waals surface area contributed by atoms with E-state index >= 15 is 0 Å². The number of rotatable bonds is 5. The highest BCUT2D eigenvalue weighted by Gasteiger charge is 2.28. The number of benzene rings is 3. The number of hydrogen-bond acceptors (Lipinski definition) is 3. The summed E-state index contributed by atoms with van der Waals surface area (Å²) in [6.45, 7) is 2.24. The van der Waals surface area contributed by atoms with Crippen LogP contribution in [0.15, 0.2) is 102 Å². The van der Waals surface area contributed by atoms with E-state index in [2.05, 4.69) is 102 Å². The molecular weight excluding hydrogens is 396 g/mol. The van der Waals surface area contributed by atoms with Gasteiger partial charge in [-0.25, -0.2) is 0 Å². The SMILES string of the molecule is [2H]C1(/C=C2/C=C(CCCC)N(c3ccccc3)c3ccccc32)Sc2ccccc2N1C. The first-order valence-electron chi connectivity index (χ1n) is 11.5. The summed E-state index contributed by atoms with van der Waals surface area (Å²) in [5, 5.41) is -0.882. The van der Waals surface area contributed by atoms with Crippen LogP contribution >= 0.6 is 11.8 Å². The van der Waals surface area contributed by atoms with Crippen molar-refractivity contribution in [2.75, 3.05) is 16.8 Å². The summed E-state index contributed by atoms with van der Waals surface area (Å²) in [4.78, 5) is 5.62. The van der Waals surface area contributed by atoms with Gasteiger partial charge < -0.3 is 9.80 Å². The van der Waals surface area contributed by atoms with Crippen LogP contribution in [0, 0.1) is 0 Å². The van der Waals surface area contributed by atoms with Crippen molar-refractivity contribution in [3.63, 3.8) is 0 Å². The van der Waals surface area contributed by atoms with E-state index in [0.29, 0.717) is 0 Å². The van der Waals surface area contributed by atoms with E-state index in [0.717, 1.165) is 35.4 Å². The molecule has 2 nitrogen and oxygen atoms in total. The van der Waals surface area contributed by atoms with Crippen LogP contribution in [0.5, 0.6) is 0 Å². The van der Waals surface area contributed by atoms with Crippen LogP contribution in [-0.4, -0.2) is 12.4 Å². The summed E-state index contributed by atoms with van der Waals surface area (Å²) >= 11 is 1.60. The Morgan fingerprint density at radius 1 is 0.935 bits per heavy atom. The Morgan fingerprint density at radius 3 is 2.42 bits per heavy atom. The van der Waals surface area contributed by atoms with Crippen molar-refractivity contribution in [2.45, 2.75) is 36.4 Å². The Labute approximate surface area is 191 Å². The van der Waals surface area contributed by atoms with E-state index in [1.54, 1.807) is 11.8 Å². The van der Waals surface area contributed by atoms with Crippen molar-refractivity contribution in [3.8, 4) is 0 Å². The predicted octanol–water partition coefficient (Wildman–Crippen LogP) is 7.86. The van der Waals surface area contributed by atoms with Crippen LogP contribution in [0.2, 0.25) is 0 Å². The number of thioether (sulfide) groups is 1. The topological polar surface area (TPSA) is 6.48 Å².